The Morgan fingerprint density at radius 3 is 2.78 bits per heavy atom. The first-order chi connectivity index (χ1) is 10.8. The first-order valence-electron chi connectivity index (χ1n) is 7.11. The summed E-state index contributed by atoms with van der Waals surface area (Å²) in [4.78, 5) is 16.8. The molecule has 5 heteroatoms. The average molecular weight is 372 g/mol. The Balaban J connectivity index is 2.29. The van der Waals surface area contributed by atoms with E-state index >= 15 is 0 Å². The van der Waals surface area contributed by atoms with Gasteiger partial charge < -0.3 is 0 Å². The third-order valence-corrected chi connectivity index (χ3v) is 5.86. The molecule has 1 heterocycles. The Bertz CT molecular complexity index is 781. The van der Waals surface area contributed by atoms with Crippen LogP contribution in [0.3, 0.4) is 0 Å². The van der Waals surface area contributed by atoms with Crippen molar-refractivity contribution in [3.8, 4) is 12.3 Å². The first-order valence-corrected chi connectivity index (χ1v) is 9.21. The van der Waals surface area contributed by atoms with Crippen LogP contribution >= 0.6 is 0 Å². The van der Waals surface area contributed by atoms with E-state index in [2.05, 4.69) is 16.2 Å². The van der Waals surface area contributed by atoms with Crippen LogP contribution in [0.4, 0.5) is 4.39 Å². The molecular weight excluding hydrogens is 354 g/mol. The molecule has 3 nitrogen and oxygen atoms in total. The topological polar surface area (TPSA) is 42.0 Å². The van der Waals surface area contributed by atoms with Crippen LogP contribution in [-0.2, 0) is 0 Å². The molecule has 0 aliphatic heterocycles. The number of pyridine rings is 1. The van der Waals surface area contributed by atoms with Gasteiger partial charge in [-0.05, 0) is 0 Å². The molecule has 1 amide bonds. The quantitative estimate of drug-likeness (QED) is 0.644. The number of amides is 1. The molecule has 0 fully saturated rings. The summed E-state index contributed by atoms with van der Waals surface area (Å²) in [5.41, 5.74) is 0.368. The Kier molecular flexibility index (Phi) is 5.23. The number of nitrogens with zero attached hydrogens (tertiary/aromatic N) is 1. The fourth-order valence-electron chi connectivity index (χ4n) is 1.88. The minimum atomic E-state index is -0.922. The van der Waals surface area contributed by atoms with Crippen LogP contribution in [0, 0.1) is 25.1 Å². The van der Waals surface area contributed by atoms with Crippen molar-refractivity contribution in [1.29, 1.82) is 0 Å². The van der Waals surface area contributed by atoms with Crippen LogP contribution in [-0.4, -0.2) is 32.2 Å². The van der Waals surface area contributed by atoms with Crippen molar-refractivity contribution in [2.45, 2.75) is 26.3 Å². The van der Waals surface area contributed by atoms with Crippen LogP contribution < -0.4 is 14.1 Å². The van der Waals surface area contributed by atoms with Gasteiger partial charge in [-0.3, -0.25) is 0 Å². The van der Waals surface area contributed by atoms with E-state index in [-0.39, 0.29) is 11.7 Å². The normalized spacial score (nSPS) is 11.4. The molecule has 1 atom stereocenters. The number of carbonyl (C=O) groups is 1. The van der Waals surface area contributed by atoms with Crippen molar-refractivity contribution in [2.24, 2.45) is 0 Å². The third kappa shape index (κ3) is 4.43. The number of aromatic nitrogens is 1. The van der Waals surface area contributed by atoms with E-state index in [4.69, 9.17) is 6.42 Å². The summed E-state index contributed by atoms with van der Waals surface area (Å²) < 4.78 is 15.3. The summed E-state index contributed by atoms with van der Waals surface area (Å²) in [6, 6.07) is 8.59. The van der Waals surface area contributed by atoms with Gasteiger partial charge >= 0.3 is 142 Å². The Morgan fingerprint density at radius 2 is 2.13 bits per heavy atom. The second-order valence-corrected chi connectivity index (χ2v) is 8.44. The molecule has 0 spiro atoms. The van der Waals surface area contributed by atoms with E-state index in [9.17, 15) is 9.18 Å². The van der Waals surface area contributed by atoms with E-state index in [1.54, 1.807) is 45.2 Å². The maximum absolute atomic E-state index is 13.7. The zero-order valence-corrected chi connectivity index (χ0v) is 15.4. The summed E-state index contributed by atoms with van der Waals surface area (Å²) in [6.45, 7) is 5.24. The summed E-state index contributed by atoms with van der Waals surface area (Å²) in [5, 5.41) is 2.80. The molecule has 2 aromatic rings. The van der Waals surface area contributed by atoms with Gasteiger partial charge in [0.05, 0.1) is 0 Å². The van der Waals surface area contributed by atoms with Crippen molar-refractivity contribution < 1.29 is 9.18 Å². The van der Waals surface area contributed by atoms with Gasteiger partial charge in [0.15, 0.2) is 0 Å². The number of halogens is 1. The average Bonchev–Trinajstić information content (AvgIpc) is 2.51. The molecular formula is C18H18AsFN2O. The molecule has 2 rings (SSSR count). The number of carbonyl (C=O) groups excluding carboxylic acids is 1. The van der Waals surface area contributed by atoms with Crippen LogP contribution in [0.2, 0.25) is 0 Å². The second-order valence-electron chi connectivity index (χ2n) is 5.71. The van der Waals surface area contributed by atoms with Crippen molar-refractivity contribution in [3.05, 3.63) is 53.5 Å². The number of nitrogens with one attached hydrogen (secondary N) is 1. The van der Waals surface area contributed by atoms with Crippen LogP contribution in [0.15, 0.2) is 36.5 Å². The zero-order valence-electron chi connectivity index (χ0n) is 13.3. The van der Waals surface area contributed by atoms with Crippen molar-refractivity contribution in [1.82, 2.24) is 10.3 Å². The SMILES string of the molecule is C#CC(C)(C)NC(=O)c1cccnc1[AsH]c1ccc(C)c(F)c1. The van der Waals surface area contributed by atoms with E-state index in [0.717, 1.165) is 4.35 Å². The van der Waals surface area contributed by atoms with Gasteiger partial charge in [0, 0.05) is 0 Å². The Labute approximate surface area is 142 Å². The van der Waals surface area contributed by atoms with Gasteiger partial charge in [-0.15, -0.1) is 0 Å². The van der Waals surface area contributed by atoms with Crippen molar-refractivity contribution in [3.63, 3.8) is 0 Å². The fraction of sp³-hybridized carbons (Fsp3) is 0.222. The predicted molar refractivity (Wildman–Crippen MR) is 92.2 cm³/mol. The van der Waals surface area contributed by atoms with Crippen molar-refractivity contribution in [2.75, 3.05) is 0 Å². The summed E-state index contributed by atoms with van der Waals surface area (Å²) in [6.07, 6.45) is 7.06. The molecule has 1 unspecified atom stereocenters. The molecule has 0 saturated carbocycles. The van der Waals surface area contributed by atoms with Crippen molar-refractivity contribution >= 4 is 30.5 Å². The van der Waals surface area contributed by atoms with E-state index in [1.807, 2.05) is 6.07 Å². The molecule has 118 valence electrons. The monoisotopic (exact) mass is 372 g/mol. The Hall–Kier alpha value is -2.11. The predicted octanol–water partition coefficient (Wildman–Crippen LogP) is 1.06. The number of rotatable bonds is 4. The summed E-state index contributed by atoms with van der Waals surface area (Å²) >= 11 is -0.922. The Morgan fingerprint density at radius 1 is 1.39 bits per heavy atom. The number of terminal acetylenes is 1. The number of hydrogen-bond acceptors (Lipinski definition) is 2. The molecule has 1 N–H and O–H groups in total. The molecule has 0 aliphatic rings. The third-order valence-electron chi connectivity index (χ3n) is 3.27. The molecule has 0 bridgehead atoms. The number of hydrogen-bond donors (Lipinski definition) is 1. The summed E-state index contributed by atoms with van der Waals surface area (Å²) in [5.74, 6) is 2.04. The molecule has 1 aromatic carbocycles. The zero-order chi connectivity index (χ0) is 17.0. The molecule has 0 radical (unpaired) electrons. The van der Waals surface area contributed by atoms with Crippen LogP contribution in [0.25, 0.3) is 0 Å². The molecule has 0 aliphatic carbocycles. The number of benzene rings is 1. The first kappa shape index (κ1) is 17.2. The van der Waals surface area contributed by atoms with E-state index in [0.29, 0.717) is 15.6 Å². The standard InChI is InChI=1S/C18H18AsFN2O/c1-5-18(3,4)22-17(23)14-7-6-10-21-16(14)19-13-9-8-12(2)15(20)11-13/h1,6-11,19H,2-4H3,(H,22,23). The second kappa shape index (κ2) is 6.98. The molecule has 23 heavy (non-hydrogen) atoms. The molecule has 1 aromatic heterocycles. The van der Waals surface area contributed by atoms with Gasteiger partial charge in [-0.1, -0.05) is 0 Å². The summed E-state index contributed by atoms with van der Waals surface area (Å²) in [7, 11) is 0. The van der Waals surface area contributed by atoms with Gasteiger partial charge in [0.1, 0.15) is 0 Å². The van der Waals surface area contributed by atoms with Gasteiger partial charge in [-0.2, -0.15) is 0 Å². The number of aryl methyl sites for hydroxylation is 1. The van der Waals surface area contributed by atoms with E-state index < -0.39 is 21.3 Å². The maximum atomic E-state index is 13.7. The fourth-order valence-corrected chi connectivity index (χ4v) is 4.21. The van der Waals surface area contributed by atoms with Gasteiger partial charge in [0.25, 0.3) is 0 Å². The van der Waals surface area contributed by atoms with Crippen LogP contribution in [0.1, 0.15) is 29.8 Å². The van der Waals surface area contributed by atoms with Gasteiger partial charge in [0.2, 0.25) is 0 Å². The van der Waals surface area contributed by atoms with Gasteiger partial charge in [-0.25, -0.2) is 0 Å². The van der Waals surface area contributed by atoms with E-state index in [1.165, 1.54) is 6.07 Å². The minimum absolute atomic E-state index is 0.235. The van der Waals surface area contributed by atoms with Crippen LogP contribution in [0.5, 0.6) is 0 Å². The molecule has 0 saturated heterocycles.